The molecule has 184 valence electrons. The Labute approximate surface area is 195 Å². The fourth-order valence-electron chi connectivity index (χ4n) is 9.66. The van der Waals surface area contributed by atoms with Crippen molar-refractivity contribution in [3.8, 4) is 0 Å². The number of rotatable bonds is 6. The molecule has 5 heteroatoms. The fraction of sp³-hybridized carbons (Fsp3) is 0.963. The quantitative estimate of drug-likeness (QED) is 0.513. The lowest BCUT2D eigenvalue weighted by Gasteiger charge is -2.64. The molecule has 11 atom stereocenters. The van der Waals surface area contributed by atoms with Crippen LogP contribution in [0.2, 0.25) is 0 Å². The van der Waals surface area contributed by atoms with Gasteiger partial charge in [0, 0.05) is 6.42 Å². The van der Waals surface area contributed by atoms with Crippen LogP contribution in [-0.2, 0) is 9.63 Å². The number of nitrogens with one attached hydrogen (secondary N) is 1. The van der Waals surface area contributed by atoms with Crippen LogP contribution in [0.3, 0.4) is 0 Å². The van der Waals surface area contributed by atoms with Crippen LogP contribution in [0.25, 0.3) is 0 Å². The van der Waals surface area contributed by atoms with E-state index in [0.717, 1.165) is 32.1 Å². The van der Waals surface area contributed by atoms with Crippen molar-refractivity contribution in [2.24, 2.45) is 52.3 Å². The fourth-order valence-corrected chi connectivity index (χ4v) is 9.66. The van der Waals surface area contributed by atoms with Gasteiger partial charge >= 0.3 is 0 Å². The summed E-state index contributed by atoms with van der Waals surface area (Å²) in [5, 5.41) is 22.2. The molecule has 1 amide bonds. The molecular weight excluding hydrogens is 402 g/mol. The van der Waals surface area contributed by atoms with Crippen LogP contribution in [0.4, 0.5) is 0 Å². The molecule has 0 aliphatic heterocycles. The van der Waals surface area contributed by atoms with E-state index < -0.39 is 0 Å². The second-order valence-electron chi connectivity index (χ2n) is 12.4. The monoisotopic (exact) mass is 449 g/mol. The van der Waals surface area contributed by atoms with Crippen molar-refractivity contribution in [3.63, 3.8) is 0 Å². The maximum atomic E-state index is 11.9. The zero-order valence-electron chi connectivity index (χ0n) is 21.0. The third-order valence-corrected chi connectivity index (χ3v) is 11.2. The Morgan fingerprint density at radius 3 is 2.44 bits per heavy atom. The Balaban J connectivity index is 1.55. The Kier molecular flexibility index (Phi) is 7.03. The minimum absolute atomic E-state index is 0.0327. The van der Waals surface area contributed by atoms with Gasteiger partial charge in [-0.05, 0) is 104 Å². The molecule has 5 nitrogen and oxygen atoms in total. The molecule has 4 aliphatic rings. The number of fused-ring (bicyclic) bond motifs is 5. The summed E-state index contributed by atoms with van der Waals surface area (Å²) in [6.45, 7) is 9.57. The topological polar surface area (TPSA) is 78.8 Å². The lowest BCUT2D eigenvalue weighted by atomic mass is 9.41. The molecule has 0 aromatic rings. The number of hydroxylamine groups is 1. The first-order valence-corrected chi connectivity index (χ1v) is 13.3. The Morgan fingerprint density at radius 2 is 1.75 bits per heavy atom. The van der Waals surface area contributed by atoms with E-state index in [1.165, 1.54) is 32.8 Å². The molecule has 0 heterocycles. The SMILES string of the molecule is CC[C@H]1[C@@H](O)C2C3CCC(C(C)CCC(=O)NOC)[C@@]3(C)CCC2[C@@]2(C)CC[C@@H](O)C[C@@H]12. The number of hydrogen-bond donors (Lipinski definition) is 3. The largest absolute Gasteiger partial charge is 0.393 e. The van der Waals surface area contributed by atoms with Crippen molar-refractivity contribution in [1.82, 2.24) is 5.48 Å². The van der Waals surface area contributed by atoms with Crippen LogP contribution in [0, 0.1) is 52.3 Å². The molecule has 0 aromatic carbocycles. The molecule has 0 spiro atoms. The summed E-state index contributed by atoms with van der Waals surface area (Å²) in [7, 11) is 1.49. The summed E-state index contributed by atoms with van der Waals surface area (Å²) in [5.41, 5.74) is 2.97. The smallest absolute Gasteiger partial charge is 0.243 e. The van der Waals surface area contributed by atoms with Gasteiger partial charge in [-0.15, -0.1) is 0 Å². The Morgan fingerprint density at radius 1 is 1.06 bits per heavy atom. The van der Waals surface area contributed by atoms with Crippen molar-refractivity contribution in [2.45, 2.75) is 104 Å². The van der Waals surface area contributed by atoms with Gasteiger partial charge < -0.3 is 10.2 Å². The maximum absolute atomic E-state index is 11.9. The molecule has 32 heavy (non-hydrogen) atoms. The van der Waals surface area contributed by atoms with Crippen LogP contribution < -0.4 is 5.48 Å². The summed E-state index contributed by atoms with van der Waals surface area (Å²) in [5.74, 6) is 3.40. The van der Waals surface area contributed by atoms with Gasteiger partial charge in [-0.2, -0.15) is 0 Å². The van der Waals surface area contributed by atoms with E-state index in [4.69, 9.17) is 4.84 Å². The molecule has 4 fully saturated rings. The number of aliphatic hydroxyl groups excluding tert-OH is 2. The average molecular weight is 450 g/mol. The van der Waals surface area contributed by atoms with E-state index in [1.54, 1.807) is 0 Å². The molecule has 0 bridgehead atoms. The Hall–Kier alpha value is -0.650. The summed E-state index contributed by atoms with van der Waals surface area (Å²) in [6, 6.07) is 0. The maximum Gasteiger partial charge on any atom is 0.243 e. The van der Waals surface area contributed by atoms with Gasteiger partial charge in [-0.25, -0.2) is 5.48 Å². The molecule has 0 radical (unpaired) electrons. The zero-order valence-corrected chi connectivity index (χ0v) is 21.0. The molecule has 4 saturated carbocycles. The van der Waals surface area contributed by atoms with Crippen LogP contribution in [-0.4, -0.2) is 35.4 Å². The van der Waals surface area contributed by atoms with Crippen LogP contribution in [0.1, 0.15) is 91.9 Å². The van der Waals surface area contributed by atoms with Crippen molar-refractivity contribution in [3.05, 3.63) is 0 Å². The highest BCUT2D eigenvalue weighted by Gasteiger charge is 2.64. The van der Waals surface area contributed by atoms with Gasteiger partial charge in [0.15, 0.2) is 0 Å². The summed E-state index contributed by atoms with van der Waals surface area (Å²) < 4.78 is 0. The van der Waals surface area contributed by atoms with E-state index in [2.05, 4.69) is 33.2 Å². The first-order chi connectivity index (χ1) is 15.2. The van der Waals surface area contributed by atoms with Crippen molar-refractivity contribution in [2.75, 3.05) is 7.11 Å². The molecule has 4 rings (SSSR count). The number of amides is 1. The highest BCUT2D eigenvalue weighted by molar-refractivity contribution is 5.74. The first-order valence-electron chi connectivity index (χ1n) is 13.3. The lowest BCUT2D eigenvalue weighted by molar-refractivity contribution is -0.203. The van der Waals surface area contributed by atoms with E-state index >= 15 is 0 Å². The highest BCUT2D eigenvalue weighted by Crippen LogP contribution is 2.69. The summed E-state index contributed by atoms with van der Waals surface area (Å²) in [6.07, 6.45) is 9.80. The van der Waals surface area contributed by atoms with Crippen molar-refractivity contribution in [1.29, 1.82) is 0 Å². The van der Waals surface area contributed by atoms with E-state index in [1.807, 2.05) is 0 Å². The third-order valence-electron chi connectivity index (χ3n) is 11.2. The normalized spacial score (nSPS) is 49.0. The molecule has 5 unspecified atom stereocenters. The predicted octanol–water partition coefficient (Wildman–Crippen LogP) is 4.71. The first kappa shape index (κ1) is 24.5. The van der Waals surface area contributed by atoms with Gasteiger partial charge in [0.25, 0.3) is 0 Å². The average Bonchev–Trinajstić information content (AvgIpc) is 3.11. The minimum Gasteiger partial charge on any atom is -0.393 e. The molecular formula is C27H47NO4. The van der Waals surface area contributed by atoms with Crippen LogP contribution in [0.5, 0.6) is 0 Å². The van der Waals surface area contributed by atoms with Gasteiger partial charge in [-0.1, -0.05) is 34.1 Å². The van der Waals surface area contributed by atoms with Crippen LogP contribution in [0.15, 0.2) is 0 Å². The van der Waals surface area contributed by atoms with E-state index in [0.29, 0.717) is 47.8 Å². The van der Waals surface area contributed by atoms with Crippen LogP contribution >= 0.6 is 0 Å². The molecule has 0 aromatic heterocycles. The predicted molar refractivity (Wildman–Crippen MR) is 125 cm³/mol. The summed E-state index contributed by atoms with van der Waals surface area (Å²) in [4.78, 5) is 16.7. The highest BCUT2D eigenvalue weighted by atomic mass is 16.6. The molecule has 4 aliphatic carbocycles. The molecule has 0 saturated heterocycles. The van der Waals surface area contributed by atoms with E-state index in [9.17, 15) is 15.0 Å². The zero-order chi connectivity index (χ0) is 23.3. The second kappa shape index (κ2) is 9.19. The number of aliphatic hydroxyl groups is 2. The lowest BCUT2D eigenvalue weighted by Crippen LogP contribution is -2.62. The second-order valence-corrected chi connectivity index (χ2v) is 12.4. The van der Waals surface area contributed by atoms with E-state index in [-0.39, 0.29) is 28.9 Å². The third kappa shape index (κ3) is 3.84. The number of hydrogen-bond acceptors (Lipinski definition) is 4. The van der Waals surface area contributed by atoms with Gasteiger partial charge in [0.2, 0.25) is 5.91 Å². The number of carbonyl (C=O) groups is 1. The van der Waals surface area contributed by atoms with Gasteiger partial charge in [0.05, 0.1) is 19.3 Å². The summed E-state index contributed by atoms with van der Waals surface area (Å²) >= 11 is 0. The van der Waals surface area contributed by atoms with Crippen molar-refractivity contribution >= 4 is 5.91 Å². The van der Waals surface area contributed by atoms with Gasteiger partial charge in [-0.3, -0.25) is 9.63 Å². The molecule has 3 N–H and O–H groups in total. The standard InChI is InChI=1S/C27H47NO4/c1-6-18-22-15-17(29)11-13-27(22,4)21-12-14-26(3)19(8-9-20(26)24(21)25(18)31)16(2)7-10-23(30)28-32-5/h16-22,24-25,29,31H,6-15H2,1-5H3,(H,28,30)/t16?,17-,18-,19?,20?,21?,22+,24?,25-,26-,27-/m1/s1. The van der Waals surface area contributed by atoms with Crippen molar-refractivity contribution < 1.29 is 19.8 Å². The number of carbonyl (C=O) groups excluding carboxylic acids is 1. The minimum atomic E-state index is -0.237. The van der Waals surface area contributed by atoms with Gasteiger partial charge in [0.1, 0.15) is 0 Å². The Bertz CT molecular complexity index is 685.